The lowest BCUT2D eigenvalue weighted by molar-refractivity contribution is -0.110. The number of carbonyl (C=O) groups is 2. The van der Waals surface area contributed by atoms with E-state index in [4.69, 9.17) is 4.74 Å². The van der Waals surface area contributed by atoms with Gasteiger partial charge in [0.2, 0.25) is 0 Å². The van der Waals surface area contributed by atoms with Crippen molar-refractivity contribution in [2.45, 2.75) is 26.4 Å². The number of ether oxygens (including phenoxy) is 1. The van der Waals surface area contributed by atoms with E-state index in [9.17, 15) is 9.59 Å². The molecule has 0 saturated carbocycles. The number of carbonyl (C=O) groups excluding carboxylic acids is 2. The second-order valence-corrected chi connectivity index (χ2v) is 7.56. The summed E-state index contributed by atoms with van der Waals surface area (Å²) in [5, 5.41) is 13.3. The molecule has 4 rings (SSSR count). The number of fused-ring (bicyclic) bond motifs is 2. The van der Waals surface area contributed by atoms with Crippen LogP contribution in [0.5, 0.6) is 0 Å². The Kier molecular flexibility index (Phi) is 4.15. The topological polar surface area (TPSA) is 96.1 Å². The van der Waals surface area contributed by atoms with E-state index in [1.807, 2.05) is 48.5 Å². The van der Waals surface area contributed by atoms with Crippen LogP contribution in [0.1, 0.15) is 31.9 Å². The molecule has 0 spiro atoms. The Morgan fingerprint density at radius 2 is 1.96 bits per heavy atom. The monoisotopic (exact) mass is 376 g/mol. The van der Waals surface area contributed by atoms with E-state index in [1.165, 1.54) is 0 Å². The fraction of sp³-hybridized carbons (Fsp3) is 0.190. The lowest BCUT2D eigenvalue weighted by atomic mass is 10.0. The Balaban J connectivity index is 1.67. The molecule has 0 saturated heterocycles. The summed E-state index contributed by atoms with van der Waals surface area (Å²) in [4.78, 5) is 24.4. The molecule has 0 unspecified atom stereocenters. The summed E-state index contributed by atoms with van der Waals surface area (Å²) in [7, 11) is 0. The zero-order valence-corrected chi connectivity index (χ0v) is 15.8. The minimum atomic E-state index is -0.602. The number of benzene rings is 2. The van der Waals surface area contributed by atoms with E-state index in [1.54, 1.807) is 20.8 Å². The summed E-state index contributed by atoms with van der Waals surface area (Å²) in [5.41, 5.74) is 3.25. The minimum absolute atomic E-state index is 0.138. The van der Waals surface area contributed by atoms with E-state index >= 15 is 0 Å². The van der Waals surface area contributed by atoms with Crippen molar-refractivity contribution in [1.29, 1.82) is 0 Å². The molecule has 1 aliphatic rings. The molecule has 142 valence electrons. The van der Waals surface area contributed by atoms with Gasteiger partial charge >= 0.3 is 6.09 Å². The zero-order chi connectivity index (χ0) is 19.9. The number of nitrogens with zero attached hydrogens (tertiary/aromatic N) is 1. The highest BCUT2D eigenvalue weighted by Crippen LogP contribution is 2.33. The first-order chi connectivity index (χ1) is 13.3. The summed E-state index contributed by atoms with van der Waals surface area (Å²) in [6, 6.07) is 13.2. The first kappa shape index (κ1) is 17.8. The fourth-order valence-electron chi connectivity index (χ4n) is 3.07. The Bertz CT molecular complexity index is 1120. The summed E-state index contributed by atoms with van der Waals surface area (Å²) >= 11 is 0. The highest BCUT2D eigenvalue weighted by Gasteiger charge is 2.23. The van der Waals surface area contributed by atoms with Crippen molar-refractivity contribution in [1.82, 2.24) is 10.2 Å². The van der Waals surface area contributed by atoms with Crippen molar-refractivity contribution < 1.29 is 14.3 Å². The molecule has 3 aromatic rings. The van der Waals surface area contributed by atoms with Gasteiger partial charge in [-0.2, -0.15) is 5.10 Å². The van der Waals surface area contributed by atoms with Crippen LogP contribution >= 0.6 is 0 Å². The van der Waals surface area contributed by atoms with Gasteiger partial charge in [0.1, 0.15) is 5.60 Å². The van der Waals surface area contributed by atoms with Gasteiger partial charge in [0.05, 0.1) is 5.52 Å². The Labute approximate surface area is 161 Å². The summed E-state index contributed by atoms with van der Waals surface area (Å²) < 4.78 is 5.28. The van der Waals surface area contributed by atoms with Crippen molar-refractivity contribution in [2.75, 3.05) is 10.6 Å². The van der Waals surface area contributed by atoms with Crippen molar-refractivity contribution in [3.05, 3.63) is 53.6 Å². The summed E-state index contributed by atoms with van der Waals surface area (Å²) in [6.45, 7) is 5.39. The summed E-state index contributed by atoms with van der Waals surface area (Å²) in [5.74, 6) is 0.237. The number of para-hydroxylation sites is 1. The molecular weight excluding hydrogens is 356 g/mol. The van der Waals surface area contributed by atoms with Gasteiger partial charge in [-0.1, -0.05) is 24.3 Å². The lowest BCUT2D eigenvalue weighted by Crippen LogP contribution is -2.27. The summed E-state index contributed by atoms with van der Waals surface area (Å²) in [6.07, 6.45) is 1.25. The van der Waals surface area contributed by atoms with Gasteiger partial charge in [0.25, 0.3) is 5.91 Å². The van der Waals surface area contributed by atoms with E-state index in [2.05, 4.69) is 20.8 Å². The SMILES string of the molecule is CC(C)(C)OC(=O)Nc1n[nH]c2ccc(/C=C3\C(=O)Nc4ccccc43)cc12. The molecule has 0 fully saturated rings. The van der Waals surface area contributed by atoms with E-state index in [-0.39, 0.29) is 5.91 Å². The third-order valence-electron chi connectivity index (χ3n) is 4.23. The predicted octanol–water partition coefficient (Wildman–Crippen LogP) is 4.40. The molecule has 28 heavy (non-hydrogen) atoms. The normalized spacial score (nSPS) is 14.8. The van der Waals surface area contributed by atoms with Crippen LogP contribution < -0.4 is 10.6 Å². The van der Waals surface area contributed by atoms with Gasteiger partial charge in [-0.25, -0.2) is 4.79 Å². The number of amides is 2. The Morgan fingerprint density at radius 1 is 1.18 bits per heavy atom. The van der Waals surface area contributed by atoms with Gasteiger partial charge in [-0.15, -0.1) is 0 Å². The first-order valence-electron chi connectivity index (χ1n) is 8.91. The number of hydrogen-bond donors (Lipinski definition) is 3. The Morgan fingerprint density at radius 3 is 2.75 bits per heavy atom. The number of anilines is 2. The number of aromatic nitrogens is 2. The van der Waals surface area contributed by atoms with Crippen LogP contribution in [0.4, 0.5) is 16.3 Å². The van der Waals surface area contributed by atoms with Crippen molar-refractivity contribution in [3.63, 3.8) is 0 Å². The number of aromatic amines is 1. The molecule has 2 amide bonds. The largest absolute Gasteiger partial charge is 0.444 e. The van der Waals surface area contributed by atoms with Crippen LogP contribution in [0.15, 0.2) is 42.5 Å². The molecule has 0 radical (unpaired) electrons. The van der Waals surface area contributed by atoms with Crippen LogP contribution in [-0.4, -0.2) is 27.8 Å². The minimum Gasteiger partial charge on any atom is -0.444 e. The van der Waals surface area contributed by atoms with Gasteiger partial charge in [-0.05, 0) is 50.6 Å². The molecular formula is C21H20N4O3. The highest BCUT2D eigenvalue weighted by molar-refractivity contribution is 6.35. The average molecular weight is 376 g/mol. The van der Waals surface area contributed by atoms with Crippen LogP contribution in [0.2, 0.25) is 0 Å². The maximum atomic E-state index is 12.3. The molecule has 3 N–H and O–H groups in total. The molecule has 2 heterocycles. The van der Waals surface area contributed by atoms with Crippen LogP contribution in [0.3, 0.4) is 0 Å². The van der Waals surface area contributed by atoms with Crippen molar-refractivity contribution in [3.8, 4) is 0 Å². The van der Waals surface area contributed by atoms with Gasteiger partial charge in [0.15, 0.2) is 5.82 Å². The molecule has 2 aromatic carbocycles. The van der Waals surface area contributed by atoms with E-state index in [0.717, 1.165) is 27.7 Å². The van der Waals surface area contributed by atoms with Crippen LogP contribution in [0.25, 0.3) is 22.6 Å². The number of nitrogens with one attached hydrogen (secondary N) is 3. The third kappa shape index (κ3) is 3.46. The van der Waals surface area contributed by atoms with Crippen LogP contribution in [-0.2, 0) is 9.53 Å². The smallest absolute Gasteiger partial charge is 0.413 e. The van der Waals surface area contributed by atoms with Crippen molar-refractivity contribution >= 4 is 46.1 Å². The molecule has 0 atom stereocenters. The molecule has 0 bridgehead atoms. The second-order valence-electron chi connectivity index (χ2n) is 7.56. The lowest BCUT2D eigenvalue weighted by Gasteiger charge is -2.19. The number of rotatable bonds is 2. The maximum Gasteiger partial charge on any atom is 0.413 e. The van der Waals surface area contributed by atoms with Gasteiger partial charge in [-0.3, -0.25) is 15.2 Å². The van der Waals surface area contributed by atoms with Crippen LogP contribution in [0, 0.1) is 0 Å². The maximum absolute atomic E-state index is 12.3. The van der Waals surface area contributed by atoms with E-state index in [0.29, 0.717) is 11.4 Å². The average Bonchev–Trinajstić information content (AvgIpc) is 3.15. The highest BCUT2D eigenvalue weighted by atomic mass is 16.6. The van der Waals surface area contributed by atoms with E-state index < -0.39 is 11.7 Å². The molecule has 0 aliphatic carbocycles. The first-order valence-corrected chi connectivity index (χ1v) is 8.91. The Hall–Kier alpha value is -3.61. The number of hydrogen-bond acceptors (Lipinski definition) is 4. The molecule has 7 nitrogen and oxygen atoms in total. The second kappa shape index (κ2) is 6.53. The molecule has 1 aromatic heterocycles. The quantitative estimate of drug-likeness (QED) is 0.578. The van der Waals surface area contributed by atoms with Gasteiger partial charge < -0.3 is 10.1 Å². The number of H-pyrrole nitrogens is 1. The fourth-order valence-corrected chi connectivity index (χ4v) is 3.07. The zero-order valence-electron chi connectivity index (χ0n) is 15.8. The molecule has 7 heteroatoms. The van der Waals surface area contributed by atoms with Crippen molar-refractivity contribution in [2.24, 2.45) is 0 Å². The third-order valence-corrected chi connectivity index (χ3v) is 4.23. The standard InChI is InChI=1S/C21H20N4O3/c1-21(2,3)28-20(27)23-18-15-11-12(8-9-17(15)24-25-18)10-14-13-6-4-5-7-16(13)22-19(14)26/h4-11H,1-3H3,(H,22,26)(H2,23,24,25,27)/b14-10-. The molecule has 1 aliphatic heterocycles. The predicted molar refractivity (Wildman–Crippen MR) is 109 cm³/mol. The van der Waals surface area contributed by atoms with Gasteiger partial charge in [0, 0.05) is 22.2 Å².